The smallest absolute Gasteiger partial charge is 0.334 e. The number of nitrogens with zero attached hydrogens (tertiary/aromatic N) is 3. The van der Waals surface area contributed by atoms with Gasteiger partial charge in [-0.3, -0.25) is 19.3 Å². The number of allylic oxidation sites excluding steroid dienone is 1. The van der Waals surface area contributed by atoms with Crippen LogP contribution in [0.4, 0.5) is 4.79 Å². The van der Waals surface area contributed by atoms with Crippen LogP contribution in [-0.2, 0) is 27.3 Å². The zero-order valence-electron chi connectivity index (χ0n) is 16.4. The van der Waals surface area contributed by atoms with Crippen molar-refractivity contribution in [3.63, 3.8) is 0 Å². The summed E-state index contributed by atoms with van der Waals surface area (Å²) >= 11 is 0. The Kier molecular flexibility index (Phi) is 5.47. The molecule has 1 saturated heterocycles. The standard InChI is InChI=1S/C22H25N3O4/c26-19(23-12-11-17-8-4-5-9-18(17)14-23)15-25-21(28)20(27)24(22(25)29)13-10-16-6-2-1-3-7-16/h4-6,8-9H,1-3,7,10-15H2. The zero-order chi connectivity index (χ0) is 20.4. The van der Waals surface area contributed by atoms with E-state index in [9.17, 15) is 19.2 Å². The molecule has 0 unspecified atom stereocenters. The molecule has 0 N–H and O–H groups in total. The van der Waals surface area contributed by atoms with Crippen LogP contribution in [0.5, 0.6) is 0 Å². The van der Waals surface area contributed by atoms with Gasteiger partial charge >= 0.3 is 17.8 Å². The normalized spacial score (nSPS) is 19.5. The maximum absolute atomic E-state index is 12.7. The molecule has 7 heteroatoms. The van der Waals surface area contributed by atoms with E-state index in [4.69, 9.17) is 0 Å². The summed E-state index contributed by atoms with van der Waals surface area (Å²) in [6.45, 7) is 0.802. The van der Waals surface area contributed by atoms with Crippen LogP contribution in [0.25, 0.3) is 0 Å². The third-order valence-corrected chi connectivity index (χ3v) is 5.95. The van der Waals surface area contributed by atoms with Crippen molar-refractivity contribution in [3.05, 3.63) is 47.0 Å². The molecule has 0 aromatic heterocycles. The molecule has 1 aromatic rings. The first-order valence-corrected chi connectivity index (χ1v) is 10.2. The summed E-state index contributed by atoms with van der Waals surface area (Å²) in [7, 11) is 0. The molecule has 1 fully saturated rings. The van der Waals surface area contributed by atoms with Crippen molar-refractivity contribution < 1.29 is 19.2 Å². The molecule has 1 aliphatic carbocycles. The lowest BCUT2D eigenvalue weighted by Crippen LogP contribution is -2.45. The van der Waals surface area contributed by atoms with Crippen molar-refractivity contribution in [2.45, 2.75) is 45.1 Å². The van der Waals surface area contributed by atoms with Crippen LogP contribution >= 0.6 is 0 Å². The van der Waals surface area contributed by atoms with Crippen molar-refractivity contribution >= 4 is 23.8 Å². The topological polar surface area (TPSA) is 78.0 Å². The quantitative estimate of drug-likeness (QED) is 0.435. The minimum atomic E-state index is -0.904. The SMILES string of the molecule is O=C(CN1C(=O)C(=O)N(CCC2=CCCCC2)C1=O)N1CCc2ccccc2C1. The largest absolute Gasteiger partial charge is 0.336 e. The minimum Gasteiger partial charge on any atom is -0.336 e. The van der Waals surface area contributed by atoms with E-state index in [0.29, 0.717) is 19.5 Å². The number of hydrogen-bond donors (Lipinski definition) is 0. The number of fused-ring (bicyclic) bond motifs is 1. The Morgan fingerprint density at radius 2 is 1.69 bits per heavy atom. The summed E-state index contributed by atoms with van der Waals surface area (Å²) in [5.41, 5.74) is 3.51. The average molecular weight is 395 g/mol. The highest BCUT2D eigenvalue weighted by atomic mass is 16.2. The van der Waals surface area contributed by atoms with Gasteiger partial charge in [-0.2, -0.15) is 0 Å². The van der Waals surface area contributed by atoms with Gasteiger partial charge in [0.15, 0.2) is 0 Å². The highest BCUT2D eigenvalue weighted by molar-refractivity contribution is 6.45. The Balaban J connectivity index is 1.37. The lowest BCUT2D eigenvalue weighted by Gasteiger charge is -2.29. The molecule has 7 nitrogen and oxygen atoms in total. The van der Waals surface area contributed by atoms with Crippen molar-refractivity contribution in [2.24, 2.45) is 0 Å². The maximum atomic E-state index is 12.7. The van der Waals surface area contributed by atoms with Crippen molar-refractivity contribution in [1.29, 1.82) is 0 Å². The van der Waals surface area contributed by atoms with Gasteiger partial charge in [0.2, 0.25) is 5.91 Å². The Labute approximate surface area is 169 Å². The number of imide groups is 2. The van der Waals surface area contributed by atoms with Crippen molar-refractivity contribution in [1.82, 2.24) is 14.7 Å². The molecule has 4 rings (SSSR count). The summed E-state index contributed by atoms with van der Waals surface area (Å²) < 4.78 is 0. The first kappa shape index (κ1) is 19.4. The fourth-order valence-corrected chi connectivity index (χ4v) is 4.22. The van der Waals surface area contributed by atoms with E-state index in [0.717, 1.165) is 41.0 Å². The Hall–Kier alpha value is -2.96. The summed E-state index contributed by atoms with van der Waals surface area (Å²) in [6, 6.07) is 7.25. The molecule has 0 saturated carbocycles. The highest BCUT2D eigenvalue weighted by Crippen LogP contribution is 2.23. The van der Waals surface area contributed by atoms with Gasteiger partial charge in [0, 0.05) is 19.6 Å². The van der Waals surface area contributed by atoms with E-state index in [1.807, 2.05) is 24.3 Å². The molecule has 5 amide bonds. The first-order valence-electron chi connectivity index (χ1n) is 10.2. The van der Waals surface area contributed by atoms with Crippen LogP contribution in [0.3, 0.4) is 0 Å². The maximum Gasteiger partial charge on any atom is 0.334 e. The van der Waals surface area contributed by atoms with Gasteiger partial charge in [-0.05, 0) is 49.7 Å². The second-order valence-electron chi connectivity index (χ2n) is 7.82. The van der Waals surface area contributed by atoms with Crippen molar-refractivity contribution in [2.75, 3.05) is 19.6 Å². The summed E-state index contributed by atoms with van der Waals surface area (Å²) in [6.07, 6.45) is 7.77. The molecule has 2 aliphatic heterocycles. The number of carbonyl (C=O) groups excluding carboxylic acids is 4. The Morgan fingerprint density at radius 1 is 0.931 bits per heavy atom. The third-order valence-electron chi connectivity index (χ3n) is 5.95. The van der Waals surface area contributed by atoms with E-state index in [2.05, 4.69) is 6.08 Å². The zero-order valence-corrected chi connectivity index (χ0v) is 16.4. The predicted molar refractivity (Wildman–Crippen MR) is 106 cm³/mol. The fraction of sp³-hybridized carbons (Fsp3) is 0.455. The lowest BCUT2D eigenvalue weighted by atomic mass is 9.97. The molecule has 152 valence electrons. The van der Waals surface area contributed by atoms with Crippen LogP contribution in [0.15, 0.2) is 35.9 Å². The number of benzene rings is 1. The number of hydrogen-bond acceptors (Lipinski definition) is 4. The Bertz CT molecular complexity index is 892. The number of amides is 5. The molecular formula is C22H25N3O4. The lowest BCUT2D eigenvalue weighted by molar-refractivity contribution is -0.145. The molecule has 1 aromatic carbocycles. The van der Waals surface area contributed by atoms with Gasteiger partial charge in [0.25, 0.3) is 0 Å². The van der Waals surface area contributed by atoms with Crippen LogP contribution < -0.4 is 0 Å². The summed E-state index contributed by atoms with van der Waals surface area (Å²) in [5, 5.41) is 0. The van der Waals surface area contributed by atoms with E-state index < -0.39 is 17.8 Å². The average Bonchev–Trinajstić information content (AvgIpc) is 2.95. The highest BCUT2D eigenvalue weighted by Gasteiger charge is 2.45. The number of rotatable bonds is 5. The van der Waals surface area contributed by atoms with E-state index in [-0.39, 0.29) is 19.0 Å². The van der Waals surface area contributed by atoms with E-state index in [1.165, 1.54) is 17.6 Å². The number of urea groups is 1. The van der Waals surface area contributed by atoms with Crippen LogP contribution in [-0.4, -0.2) is 58.1 Å². The molecular weight excluding hydrogens is 370 g/mol. The molecule has 29 heavy (non-hydrogen) atoms. The fourth-order valence-electron chi connectivity index (χ4n) is 4.22. The molecule has 0 radical (unpaired) electrons. The van der Waals surface area contributed by atoms with Crippen LogP contribution in [0.2, 0.25) is 0 Å². The molecule has 0 bridgehead atoms. The second-order valence-corrected chi connectivity index (χ2v) is 7.82. The third kappa shape index (κ3) is 3.95. The van der Waals surface area contributed by atoms with Crippen molar-refractivity contribution in [3.8, 4) is 0 Å². The van der Waals surface area contributed by atoms with Gasteiger partial charge in [-0.15, -0.1) is 0 Å². The van der Waals surface area contributed by atoms with E-state index >= 15 is 0 Å². The van der Waals surface area contributed by atoms with Gasteiger partial charge in [0.05, 0.1) is 0 Å². The summed E-state index contributed by atoms with van der Waals surface area (Å²) in [5.74, 6) is -2.05. The van der Waals surface area contributed by atoms with Gasteiger partial charge in [-0.25, -0.2) is 9.69 Å². The first-order chi connectivity index (χ1) is 14.0. The van der Waals surface area contributed by atoms with Gasteiger partial charge in [0.1, 0.15) is 6.54 Å². The second kappa shape index (κ2) is 8.19. The monoisotopic (exact) mass is 395 g/mol. The van der Waals surface area contributed by atoms with E-state index in [1.54, 1.807) is 4.90 Å². The predicted octanol–water partition coefficient (Wildman–Crippen LogP) is 2.25. The number of carbonyl (C=O) groups is 4. The van der Waals surface area contributed by atoms with Crippen LogP contribution in [0.1, 0.15) is 43.2 Å². The van der Waals surface area contributed by atoms with Crippen LogP contribution in [0, 0.1) is 0 Å². The molecule has 0 atom stereocenters. The molecule has 0 spiro atoms. The van der Waals surface area contributed by atoms with Gasteiger partial charge < -0.3 is 4.90 Å². The Morgan fingerprint density at radius 3 is 2.45 bits per heavy atom. The van der Waals surface area contributed by atoms with Gasteiger partial charge in [-0.1, -0.05) is 35.9 Å². The molecule has 3 aliphatic rings. The molecule has 2 heterocycles. The summed E-state index contributed by atoms with van der Waals surface area (Å²) in [4.78, 5) is 53.4. The minimum absolute atomic E-state index is 0.191.